The molecule has 0 unspecified atom stereocenters. The molecule has 23 saturated heterocycles. The highest BCUT2D eigenvalue weighted by Gasteiger charge is 2.61. The number of aliphatic hydroxyl groups excluding tert-OH is 26. The topological polar surface area (TPSA) is 692 Å². The van der Waals surface area contributed by atoms with Crippen LogP contribution in [0.3, 0.4) is 0 Å². The quantitative estimate of drug-likeness (QED) is 0.0863. The molecule has 0 amide bonds. The standard InChI is InChI=1S/C54H90O44/c1-10-19(62)21(64)29(72)47(82-10)98-45-20(63)11(2-55)83-46(37(45)80)81-9-18-44-28(71)36(79)54(90-18)96-43-17(8-61)88-52(34(77)26(43)69)94-41-15(6-59)86-50(32(75)24(41)67)92-39-13(4-57)84-48(30(73)22(39)65)91-38-12(3-56)85-49(31(74)23(38)66)93-40-14(5-58)87-51(33(76)25(40)68)95-42-16(7-60)89-53(97-44)35(78)27(42)70/h10-80H,2-9H2,1H3/t10-,11+,12+,13+,14+,15+,16+,17+,18+,19+,20+,21+,22+,23+,24+,25+,26+,27+,28+,29-,30+,31+,32+,33+,34+,35+,36+,37-,38+,39+,40+,41+,42+,43+,44+,45-,46-,47-,48+,49+,50+,51+,52+,53+,54+/m0/s1. The monoisotopic (exact) mass is 1440 g/mol. The third-order valence-corrected chi connectivity index (χ3v) is 18.9. The van der Waals surface area contributed by atoms with Gasteiger partial charge in [-0.15, -0.1) is 0 Å². The van der Waals surface area contributed by atoms with E-state index in [-0.39, 0.29) is 0 Å². The van der Waals surface area contributed by atoms with E-state index in [0.717, 1.165) is 0 Å². The van der Waals surface area contributed by atoms with E-state index in [9.17, 15) is 133 Å². The fraction of sp³-hybridized carbons (Fsp3) is 1.00. The summed E-state index contributed by atoms with van der Waals surface area (Å²) in [5.41, 5.74) is 0. The van der Waals surface area contributed by atoms with Crippen molar-refractivity contribution in [3.8, 4) is 0 Å². The Morgan fingerprint density at radius 1 is 0.214 bits per heavy atom. The molecule has 0 aromatic rings. The normalized spacial score (nSPS) is 55.6. The average Bonchev–Trinajstić information content (AvgIpc) is 0.778. The number of hydrogen-bond acceptors (Lipinski definition) is 44. The molecule has 23 heterocycles. The van der Waals surface area contributed by atoms with E-state index in [1.54, 1.807) is 0 Å². The van der Waals surface area contributed by atoms with Gasteiger partial charge in [-0.3, -0.25) is 0 Å². The van der Waals surface area contributed by atoms with Crippen molar-refractivity contribution in [2.75, 3.05) is 52.9 Å². The average molecular weight is 1440 g/mol. The first-order valence-corrected chi connectivity index (χ1v) is 31.5. The molecule has 44 nitrogen and oxygen atoms in total. The van der Waals surface area contributed by atoms with Gasteiger partial charge in [-0.2, -0.15) is 0 Å². The molecule has 23 fully saturated rings. The van der Waals surface area contributed by atoms with Crippen LogP contribution in [-0.4, -0.2) is 462 Å². The summed E-state index contributed by atoms with van der Waals surface area (Å²) in [6.45, 7) is -7.57. The van der Waals surface area contributed by atoms with Gasteiger partial charge in [-0.1, -0.05) is 0 Å². The summed E-state index contributed by atoms with van der Waals surface area (Å²) in [5.74, 6) is 0. The Morgan fingerprint density at radius 2 is 0.459 bits per heavy atom. The maximum atomic E-state index is 12.0. The minimum atomic E-state index is -2.42. The third-order valence-electron chi connectivity index (χ3n) is 18.9. The van der Waals surface area contributed by atoms with Crippen molar-refractivity contribution in [2.24, 2.45) is 0 Å². The van der Waals surface area contributed by atoms with Gasteiger partial charge in [0, 0.05) is 0 Å². The Hall–Kier alpha value is -1.76. The van der Waals surface area contributed by atoms with Crippen molar-refractivity contribution >= 4 is 0 Å². The molecule has 45 atom stereocenters. The zero-order valence-electron chi connectivity index (χ0n) is 51.6. The Morgan fingerprint density at radius 3 is 0.714 bits per heavy atom. The molecule has 0 spiro atoms. The fourth-order valence-electron chi connectivity index (χ4n) is 13.2. The molecule has 0 radical (unpaired) electrons. The first-order valence-electron chi connectivity index (χ1n) is 31.5. The number of hydrogen-bond donors (Lipinski definition) is 26. The van der Waals surface area contributed by atoms with Gasteiger partial charge in [0.15, 0.2) is 56.6 Å². The molecule has 23 rings (SSSR count). The molecule has 0 aromatic carbocycles. The Bertz CT molecular complexity index is 2440. The largest absolute Gasteiger partial charge is 0.394 e. The Balaban J connectivity index is 0.949. The van der Waals surface area contributed by atoms with Crippen LogP contribution in [0.25, 0.3) is 0 Å². The number of rotatable bonds is 12. The predicted molar refractivity (Wildman–Crippen MR) is 292 cm³/mol. The highest BCUT2D eigenvalue weighted by molar-refractivity contribution is 5.03. The van der Waals surface area contributed by atoms with E-state index in [0.29, 0.717) is 0 Å². The smallest absolute Gasteiger partial charge is 0.187 e. The van der Waals surface area contributed by atoms with Crippen LogP contribution in [0, 0.1) is 0 Å². The van der Waals surface area contributed by atoms with Crippen LogP contribution in [-0.2, 0) is 85.3 Å². The first-order chi connectivity index (χ1) is 46.6. The third kappa shape index (κ3) is 15.6. The second kappa shape index (κ2) is 33.4. The molecule has 570 valence electrons. The van der Waals surface area contributed by atoms with Crippen LogP contribution in [0.1, 0.15) is 6.92 Å². The lowest BCUT2D eigenvalue weighted by Gasteiger charge is -2.50. The van der Waals surface area contributed by atoms with Gasteiger partial charge in [0.1, 0.15) is 214 Å². The fourth-order valence-corrected chi connectivity index (χ4v) is 13.2. The van der Waals surface area contributed by atoms with Crippen LogP contribution < -0.4 is 0 Å². The zero-order chi connectivity index (χ0) is 71.4. The molecule has 26 N–H and O–H groups in total. The second-order valence-corrected chi connectivity index (χ2v) is 25.3. The van der Waals surface area contributed by atoms with Crippen molar-refractivity contribution in [3.05, 3.63) is 0 Å². The number of aliphatic hydroxyl groups is 26. The highest BCUT2D eigenvalue weighted by Crippen LogP contribution is 2.40. The Labute approximate surface area is 553 Å². The van der Waals surface area contributed by atoms with Crippen LogP contribution in [0.4, 0.5) is 0 Å². The summed E-state index contributed by atoms with van der Waals surface area (Å²) in [7, 11) is 0. The highest BCUT2D eigenvalue weighted by atomic mass is 16.8. The van der Waals surface area contributed by atoms with E-state index >= 15 is 0 Å². The lowest BCUT2D eigenvalue weighted by Crippen LogP contribution is -2.68. The summed E-state index contributed by atoms with van der Waals surface area (Å²) in [5, 5.41) is 290. The molecular formula is C54H90O44. The summed E-state index contributed by atoms with van der Waals surface area (Å²) in [6, 6.07) is 0. The lowest BCUT2D eigenvalue weighted by molar-refractivity contribution is -0.400. The zero-order valence-corrected chi connectivity index (χ0v) is 51.6. The summed E-state index contributed by atoms with van der Waals surface area (Å²) in [4.78, 5) is 0. The van der Waals surface area contributed by atoms with Gasteiger partial charge in [-0.25, -0.2) is 0 Å². The summed E-state index contributed by atoms with van der Waals surface area (Å²) < 4.78 is 104. The molecule has 14 bridgehead atoms. The molecule has 0 saturated carbocycles. The molecule has 0 aliphatic carbocycles. The van der Waals surface area contributed by atoms with Crippen LogP contribution in [0.2, 0.25) is 0 Å². The van der Waals surface area contributed by atoms with Crippen molar-refractivity contribution in [2.45, 2.75) is 283 Å². The van der Waals surface area contributed by atoms with E-state index in [2.05, 4.69) is 0 Å². The predicted octanol–water partition coefficient (Wildman–Crippen LogP) is -18.6. The molecule has 23 aliphatic rings. The van der Waals surface area contributed by atoms with Crippen molar-refractivity contribution in [3.63, 3.8) is 0 Å². The van der Waals surface area contributed by atoms with Crippen molar-refractivity contribution in [1.29, 1.82) is 0 Å². The summed E-state index contributed by atoms with van der Waals surface area (Å²) in [6.07, 6.45) is -93.0. The van der Waals surface area contributed by atoms with Gasteiger partial charge < -0.3 is 218 Å². The van der Waals surface area contributed by atoms with E-state index < -0.39 is 329 Å². The van der Waals surface area contributed by atoms with E-state index in [1.165, 1.54) is 6.92 Å². The minimum Gasteiger partial charge on any atom is -0.394 e. The van der Waals surface area contributed by atoms with E-state index in [1.807, 2.05) is 0 Å². The van der Waals surface area contributed by atoms with Gasteiger partial charge >= 0.3 is 0 Å². The molecule has 0 aromatic heterocycles. The van der Waals surface area contributed by atoms with Gasteiger partial charge in [0.2, 0.25) is 0 Å². The van der Waals surface area contributed by atoms with Crippen LogP contribution >= 0.6 is 0 Å². The second-order valence-electron chi connectivity index (χ2n) is 25.3. The van der Waals surface area contributed by atoms with Gasteiger partial charge in [0.25, 0.3) is 0 Å². The van der Waals surface area contributed by atoms with Gasteiger partial charge in [-0.05, 0) is 6.92 Å². The maximum absolute atomic E-state index is 12.0. The first kappa shape index (κ1) is 78.8. The molecule has 23 aliphatic heterocycles. The maximum Gasteiger partial charge on any atom is 0.187 e. The lowest BCUT2D eigenvalue weighted by atomic mass is 9.95. The Kier molecular flexibility index (Phi) is 26.8. The molecule has 98 heavy (non-hydrogen) atoms. The molecular weight excluding hydrogens is 1350 g/mol. The minimum absolute atomic E-state index is 1.02. The van der Waals surface area contributed by atoms with Crippen LogP contribution in [0.5, 0.6) is 0 Å². The van der Waals surface area contributed by atoms with Crippen molar-refractivity contribution < 1.29 is 218 Å². The van der Waals surface area contributed by atoms with Gasteiger partial charge in [0.05, 0.1) is 59.0 Å². The number of ether oxygens (including phenoxy) is 18. The van der Waals surface area contributed by atoms with Crippen molar-refractivity contribution in [1.82, 2.24) is 0 Å². The summed E-state index contributed by atoms with van der Waals surface area (Å²) >= 11 is 0. The van der Waals surface area contributed by atoms with E-state index in [4.69, 9.17) is 85.3 Å². The SMILES string of the molecule is C[C@@H]1O[C@@H](O[C@@H]2[C@H](O)[C@@H](OC[C@H]3O[C@@H]4O[C@H]5[C@H](O)[C@@H](O)[C@@H](O[C@H]6[C@H](O)[C@@H](O)[C@@H](O[C@H]7[C@H](O)[C@@H](O)[C@@H](O[C@H]8[C@H](O)[C@@H](O)[C@@H](O[C@H]9[C@H](O)[C@@H](O)[C@@H](O[C@H]%10[C@H](O)[C@@H](O)[C@@H](O[C@H]3[C@H](O)[C@H]4O)O[C@@H]%10CO)O[C@@H]9CO)O[C@@H]8CO)O[C@@H]7CO)O[C@@H]6CO)O[C@@H]5CO)O[C@H](CO)[C@H]2O)[C@@H](O)[C@H](O)[C@@H]1O. The molecule has 44 heteroatoms. The van der Waals surface area contributed by atoms with Crippen LogP contribution in [0.15, 0.2) is 0 Å².